The Hall–Kier alpha value is -4.83. The average molecular weight is 466 g/mol. The van der Waals surface area contributed by atoms with Crippen LogP contribution in [0.15, 0.2) is 120 Å². The van der Waals surface area contributed by atoms with Crippen molar-refractivity contribution in [2.45, 2.75) is 5.92 Å². The second kappa shape index (κ2) is 8.14. The number of fused-ring (bicyclic) bond motifs is 3. The highest BCUT2D eigenvalue weighted by atomic mass is 16.1. The summed E-state index contributed by atoms with van der Waals surface area (Å²) in [6, 6.07) is 34.9. The van der Waals surface area contributed by atoms with Crippen LogP contribution < -0.4 is 5.56 Å². The molecule has 0 amide bonds. The zero-order chi connectivity index (χ0) is 24.1. The number of para-hydroxylation sites is 3. The average Bonchev–Trinajstić information content (AvgIpc) is 3.55. The smallest absolute Gasteiger partial charge is 0.253 e. The molecule has 3 N–H and O–H groups in total. The van der Waals surface area contributed by atoms with Crippen LogP contribution in [0.25, 0.3) is 43.8 Å². The highest BCUT2D eigenvalue weighted by molar-refractivity contribution is 5.98. The number of aromatic nitrogens is 3. The minimum Gasteiger partial charge on any atom is -0.361 e. The number of rotatable bonds is 4. The second-order valence-corrected chi connectivity index (χ2v) is 9.17. The molecule has 4 nitrogen and oxygen atoms in total. The SMILES string of the molecule is O=c1[nH]c2ccccc2c(-c2ccccc2)c1C(c1c[nH]c2ccccc12)c1c[nH]c2ccccc12. The molecule has 0 spiro atoms. The monoisotopic (exact) mass is 465 g/mol. The maximum Gasteiger partial charge on any atom is 0.253 e. The first kappa shape index (κ1) is 20.5. The normalized spacial score (nSPS) is 11.7. The van der Waals surface area contributed by atoms with Crippen LogP contribution in [0.2, 0.25) is 0 Å². The van der Waals surface area contributed by atoms with Crippen molar-refractivity contribution < 1.29 is 0 Å². The van der Waals surface area contributed by atoms with Crippen molar-refractivity contribution in [2.24, 2.45) is 0 Å². The van der Waals surface area contributed by atoms with Gasteiger partial charge in [-0.05, 0) is 34.9 Å². The summed E-state index contributed by atoms with van der Waals surface area (Å²) in [6.07, 6.45) is 4.11. The molecule has 0 aliphatic carbocycles. The summed E-state index contributed by atoms with van der Waals surface area (Å²) in [6.45, 7) is 0. The molecule has 0 aliphatic heterocycles. The molecule has 0 fully saturated rings. The number of benzene rings is 4. The van der Waals surface area contributed by atoms with Crippen LogP contribution in [0.5, 0.6) is 0 Å². The third-order valence-electron chi connectivity index (χ3n) is 7.17. The van der Waals surface area contributed by atoms with Gasteiger partial charge in [0.1, 0.15) is 0 Å². The van der Waals surface area contributed by atoms with E-state index in [1.54, 1.807) is 0 Å². The van der Waals surface area contributed by atoms with Gasteiger partial charge < -0.3 is 15.0 Å². The first-order valence-electron chi connectivity index (χ1n) is 12.1. The third-order valence-corrected chi connectivity index (χ3v) is 7.17. The summed E-state index contributed by atoms with van der Waals surface area (Å²) in [5.41, 5.74) is 7.76. The van der Waals surface area contributed by atoms with Crippen LogP contribution in [-0.2, 0) is 0 Å². The van der Waals surface area contributed by atoms with E-state index in [1.165, 1.54) is 0 Å². The Morgan fingerprint density at radius 3 is 1.64 bits per heavy atom. The maximum atomic E-state index is 14.1. The number of hydrogen-bond acceptors (Lipinski definition) is 1. The Morgan fingerprint density at radius 1 is 0.528 bits per heavy atom. The van der Waals surface area contributed by atoms with E-state index >= 15 is 0 Å². The van der Waals surface area contributed by atoms with Crippen LogP contribution >= 0.6 is 0 Å². The predicted octanol–water partition coefficient (Wildman–Crippen LogP) is 7.34. The summed E-state index contributed by atoms with van der Waals surface area (Å²) in [4.78, 5) is 24.1. The molecule has 0 radical (unpaired) electrons. The lowest BCUT2D eigenvalue weighted by Crippen LogP contribution is -2.20. The van der Waals surface area contributed by atoms with Crippen LogP contribution in [0, 0.1) is 0 Å². The van der Waals surface area contributed by atoms with Crippen LogP contribution in [-0.4, -0.2) is 15.0 Å². The van der Waals surface area contributed by atoms with E-state index in [-0.39, 0.29) is 11.5 Å². The van der Waals surface area contributed by atoms with Crippen LogP contribution in [0.3, 0.4) is 0 Å². The summed E-state index contributed by atoms with van der Waals surface area (Å²) in [5.74, 6) is -0.291. The van der Waals surface area contributed by atoms with Crippen molar-refractivity contribution in [2.75, 3.05) is 0 Å². The van der Waals surface area contributed by atoms with Gasteiger partial charge in [0.2, 0.25) is 0 Å². The van der Waals surface area contributed by atoms with Crippen molar-refractivity contribution >= 4 is 32.7 Å². The van der Waals surface area contributed by atoms with E-state index < -0.39 is 0 Å². The van der Waals surface area contributed by atoms with Crippen LogP contribution in [0.1, 0.15) is 22.6 Å². The Balaban J connectivity index is 1.65. The van der Waals surface area contributed by atoms with Crippen molar-refractivity contribution in [1.29, 1.82) is 0 Å². The molecule has 0 atom stereocenters. The Bertz CT molecular complexity index is 1850. The van der Waals surface area contributed by atoms with Crippen LogP contribution in [0.4, 0.5) is 0 Å². The third kappa shape index (κ3) is 3.12. The zero-order valence-corrected chi connectivity index (χ0v) is 19.5. The highest BCUT2D eigenvalue weighted by Gasteiger charge is 2.29. The highest BCUT2D eigenvalue weighted by Crippen LogP contribution is 2.43. The molecule has 0 saturated heterocycles. The molecule has 172 valence electrons. The second-order valence-electron chi connectivity index (χ2n) is 9.17. The number of nitrogens with one attached hydrogen (secondary N) is 3. The molecule has 3 heterocycles. The first-order valence-corrected chi connectivity index (χ1v) is 12.1. The van der Waals surface area contributed by atoms with Crippen molar-refractivity contribution in [3.63, 3.8) is 0 Å². The molecule has 0 saturated carbocycles. The van der Waals surface area contributed by atoms with Crippen molar-refractivity contribution in [1.82, 2.24) is 15.0 Å². The number of pyridine rings is 1. The largest absolute Gasteiger partial charge is 0.361 e. The molecule has 3 aromatic heterocycles. The lowest BCUT2D eigenvalue weighted by molar-refractivity contribution is 0.971. The van der Waals surface area contributed by atoms with E-state index in [1.807, 2.05) is 48.5 Å². The zero-order valence-electron chi connectivity index (χ0n) is 19.5. The van der Waals surface area contributed by atoms with Gasteiger partial charge in [-0.3, -0.25) is 4.79 Å². The van der Waals surface area contributed by atoms with E-state index in [0.29, 0.717) is 0 Å². The topological polar surface area (TPSA) is 64.4 Å². The minimum atomic E-state index is -0.291. The fourth-order valence-corrected chi connectivity index (χ4v) is 5.59. The molecule has 7 rings (SSSR count). The minimum absolute atomic E-state index is 0.0758. The molecule has 0 aliphatic rings. The van der Waals surface area contributed by atoms with Gasteiger partial charge in [-0.25, -0.2) is 0 Å². The van der Waals surface area contributed by atoms with Gasteiger partial charge in [0, 0.05) is 62.1 Å². The quantitative estimate of drug-likeness (QED) is 0.250. The van der Waals surface area contributed by atoms with Gasteiger partial charge in [-0.1, -0.05) is 84.9 Å². The fraction of sp³-hybridized carbons (Fsp3) is 0.0312. The van der Waals surface area contributed by atoms with E-state index in [9.17, 15) is 4.79 Å². The van der Waals surface area contributed by atoms with Crippen molar-refractivity contribution in [3.05, 3.63) is 143 Å². The lowest BCUT2D eigenvalue weighted by atomic mass is 9.80. The summed E-state index contributed by atoms with van der Waals surface area (Å²) in [5, 5.41) is 3.25. The molecular weight excluding hydrogens is 442 g/mol. The van der Waals surface area contributed by atoms with Gasteiger partial charge >= 0.3 is 0 Å². The van der Waals surface area contributed by atoms with Gasteiger partial charge in [-0.15, -0.1) is 0 Å². The van der Waals surface area contributed by atoms with E-state index in [0.717, 1.165) is 60.5 Å². The molecule has 4 heteroatoms. The van der Waals surface area contributed by atoms with Gasteiger partial charge in [0.15, 0.2) is 0 Å². The molecule has 36 heavy (non-hydrogen) atoms. The standard InChI is InChI=1S/C32H23N3O/c36-32-31(29(20-10-2-1-3-11-20)23-14-6-9-17-28(23)35-32)30(24-18-33-26-15-7-4-12-21(24)26)25-19-34-27-16-8-5-13-22(25)27/h1-19,30,33-34H,(H,35,36). The molecule has 0 unspecified atom stereocenters. The fourth-order valence-electron chi connectivity index (χ4n) is 5.59. The van der Waals surface area contributed by atoms with Gasteiger partial charge in [0.25, 0.3) is 5.56 Å². The van der Waals surface area contributed by atoms with E-state index in [4.69, 9.17) is 0 Å². The Morgan fingerprint density at radius 2 is 1.03 bits per heavy atom. The Labute approximate surface area is 207 Å². The predicted molar refractivity (Wildman–Crippen MR) is 148 cm³/mol. The van der Waals surface area contributed by atoms with E-state index in [2.05, 4.69) is 81.9 Å². The number of H-pyrrole nitrogens is 3. The Kier molecular flexibility index (Phi) is 4.64. The molecule has 0 bridgehead atoms. The molecule has 4 aromatic carbocycles. The maximum absolute atomic E-state index is 14.1. The molecular formula is C32H23N3O. The molecule has 7 aromatic rings. The lowest BCUT2D eigenvalue weighted by Gasteiger charge is -2.22. The van der Waals surface area contributed by atoms with Gasteiger partial charge in [-0.2, -0.15) is 0 Å². The summed E-state index contributed by atoms with van der Waals surface area (Å²) in [7, 11) is 0. The number of aromatic amines is 3. The van der Waals surface area contributed by atoms with Crippen molar-refractivity contribution in [3.8, 4) is 11.1 Å². The van der Waals surface area contributed by atoms with Gasteiger partial charge in [0.05, 0.1) is 0 Å². The number of hydrogen-bond donors (Lipinski definition) is 3. The summed E-state index contributed by atoms with van der Waals surface area (Å²) < 4.78 is 0. The first-order chi connectivity index (χ1) is 17.8. The summed E-state index contributed by atoms with van der Waals surface area (Å²) >= 11 is 0.